The van der Waals surface area contributed by atoms with Crippen molar-refractivity contribution >= 4 is 11.9 Å². The number of carbonyl (C=O) groups is 2. The van der Waals surface area contributed by atoms with Crippen LogP contribution in [0.4, 0.5) is 0 Å². The lowest BCUT2D eigenvalue weighted by Gasteiger charge is -2.20. The Morgan fingerprint density at radius 1 is 0.380 bits per heavy atom. The van der Waals surface area contributed by atoms with Gasteiger partial charge in [-0.05, 0) is 83.5 Å². The molecule has 418 valence electrons. The Morgan fingerprint density at radius 2 is 0.662 bits per heavy atom. The summed E-state index contributed by atoms with van der Waals surface area (Å²) in [7, 11) is 0. The highest BCUT2D eigenvalue weighted by Gasteiger charge is 2.18. The van der Waals surface area contributed by atoms with E-state index < -0.39 is 12.1 Å². The molecule has 0 fully saturated rings. The first-order valence-corrected chi connectivity index (χ1v) is 31.8. The highest BCUT2D eigenvalue weighted by atomic mass is 16.5. The molecule has 0 rings (SSSR count). The van der Waals surface area contributed by atoms with Gasteiger partial charge in [0.25, 0.3) is 0 Å². The maximum absolute atomic E-state index is 12.5. The number of unbranched alkanes of at least 4 members (excludes halogenated alkanes) is 44. The highest BCUT2D eigenvalue weighted by Crippen LogP contribution is 2.17. The van der Waals surface area contributed by atoms with Gasteiger partial charge in [-0.3, -0.25) is 9.59 Å². The summed E-state index contributed by atoms with van der Waals surface area (Å²) in [6.07, 6.45) is 76.1. The normalized spacial score (nSPS) is 12.8. The molecule has 0 spiro atoms. The summed E-state index contributed by atoms with van der Waals surface area (Å²) >= 11 is 0. The zero-order chi connectivity index (χ0) is 51.4. The van der Waals surface area contributed by atoms with E-state index in [-0.39, 0.29) is 18.5 Å². The summed E-state index contributed by atoms with van der Waals surface area (Å²) in [5.41, 5.74) is 0. The average Bonchev–Trinajstić information content (AvgIpc) is 3.37. The van der Waals surface area contributed by atoms with Crippen molar-refractivity contribution in [3.63, 3.8) is 0 Å². The van der Waals surface area contributed by atoms with Crippen LogP contribution >= 0.6 is 0 Å². The van der Waals surface area contributed by atoms with Crippen molar-refractivity contribution in [3.05, 3.63) is 36.5 Å². The summed E-state index contributed by atoms with van der Waals surface area (Å²) < 4.78 is 5.48. The van der Waals surface area contributed by atoms with E-state index in [0.717, 1.165) is 51.4 Å². The van der Waals surface area contributed by atoms with Crippen LogP contribution in [0.2, 0.25) is 0 Å². The predicted octanol–water partition coefficient (Wildman–Crippen LogP) is 20.0. The number of rotatable bonds is 59. The largest absolute Gasteiger partial charge is 0.466 e. The van der Waals surface area contributed by atoms with Crippen LogP contribution in [0.25, 0.3) is 0 Å². The van der Waals surface area contributed by atoms with Crippen molar-refractivity contribution in [2.24, 2.45) is 0 Å². The summed E-state index contributed by atoms with van der Waals surface area (Å²) in [4.78, 5) is 24.5. The molecule has 0 radical (unpaired) electrons. The molecule has 71 heavy (non-hydrogen) atoms. The molecule has 2 atom stereocenters. The molecule has 0 aliphatic carbocycles. The molecule has 0 aromatic heterocycles. The molecule has 0 bridgehead atoms. The smallest absolute Gasteiger partial charge is 0.305 e. The van der Waals surface area contributed by atoms with E-state index in [4.69, 9.17) is 4.74 Å². The number of allylic oxidation sites excluding steroid dienone is 5. The second-order valence-electron chi connectivity index (χ2n) is 21.7. The third kappa shape index (κ3) is 57.2. The monoisotopic (exact) mass is 998 g/mol. The third-order valence-corrected chi connectivity index (χ3v) is 14.6. The summed E-state index contributed by atoms with van der Waals surface area (Å²) in [5.74, 6) is -0.0698. The Hall–Kier alpha value is -1.92. The number of esters is 1. The molecule has 6 heteroatoms. The lowest BCUT2D eigenvalue weighted by atomic mass is 10.0. The molecule has 0 aliphatic heterocycles. The number of aliphatic hydroxyl groups is 2. The second kappa shape index (κ2) is 60.6. The van der Waals surface area contributed by atoms with Crippen molar-refractivity contribution in [2.75, 3.05) is 13.2 Å². The Kier molecular flexibility index (Phi) is 59.0. The fourth-order valence-electron chi connectivity index (χ4n) is 9.74. The van der Waals surface area contributed by atoms with Gasteiger partial charge in [-0.25, -0.2) is 0 Å². The lowest BCUT2D eigenvalue weighted by Crippen LogP contribution is -2.45. The number of hydrogen-bond donors (Lipinski definition) is 3. The van der Waals surface area contributed by atoms with Gasteiger partial charge in [0, 0.05) is 12.8 Å². The number of nitrogens with one attached hydrogen (secondary N) is 1. The Morgan fingerprint density at radius 3 is 1.00 bits per heavy atom. The van der Waals surface area contributed by atoms with Crippen molar-refractivity contribution in [3.8, 4) is 0 Å². The number of ether oxygens (including phenoxy) is 1. The van der Waals surface area contributed by atoms with Crippen molar-refractivity contribution in [1.29, 1.82) is 0 Å². The summed E-state index contributed by atoms with van der Waals surface area (Å²) in [6.45, 7) is 4.91. The highest BCUT2D eigenvalue weighted by molar-refractivity contribution is 5.76. The zero-order valence-corrected chi connectivity index (χ0v) is 47.7. The molecular formula is C65H123NO5. The minimum atomic E-state index is -0.849. The number of hydrogen-bond acceptors (Lipinski definition) is 5. The minimum absolute atomic E-state index is 0.00312. The van der Waals surface area contributed by atoms with Gasteiger partial charge in [0.1, 0.15) is 0 Å². The molecule has 2 unspecified atom stereocenters. The van der Waals surface area contributed by atoms with E-state index in [0.29, 0.717) is 19.4 Å². The first-order chi connectivity index (χ1) is 35.0. The topological polar surface area (TPSA) is 95.9 Å². The quantitative estimate of drug-likeness (QED) is 0.0321. The molecule has 3 N–H and O–H groups in total. The molecule has 0 aromatic carbocycles. The van der Waals surface area contributed by atoms with Crippen LogP contribution < -0.4 is 5.32 Å². The fraction of sp³-hybridized carbons (Fsp3) is 0.877. The van der Waals surface area contributed by atoms with Crippen LogP contribution in [0.1, 0.15) is 341 Å². The van der Waals surface area contributed by atoms with Gasteiger partial charge in [-0.2, -0.15) is 0 Å². The van der Waals surface area contributed by atoms with Crippen molar-refractivity contribution in [2.45, 2.75) is 353 Å². The van der Waals surface area contributed by atoms with Crippen molar-refractivity contribution in [1.82, 2.24) is 5.32 Å². The van der Waals surface area contributed by atoms with Crippen LogP contribution in [0.3, 0.4) is 0 Å². The standard InChI is InChI=1S/C65H123NO5/c1-3-5-7-9-11-13-15-17-19-30-33-37-41-45-49-53-57-63(68)62(61-67)66-64(69)58-54-50-46-42-38-34-31-27-25-23-21-20-22-24-26-28-32-36-40-44-48-52-56-60-71-65(70)59-55-51-47-43-39-35-29-18-16-14-12-10-8-6-4-2/h18,23,25,29,53,57,62-63,67-68H,3-17,19-22,24,26-28,30-52,54-56,58-61H2,1-2H3,(H,66,69)/b25-23-,29-18-,57-53+. The van der Waals surface area contributed by atoms with E-state index >= 15 is 0 Å². The van der Waals surface area contributed by atoms with E-state index in [1.54, 1.807) is 6.08 Å². The maximum atomic E-state index is 12.5. The van der Waals surface area contributed by atoms with Gasteiger partial charge in [-0.15, -0.1) is 0 Å². The molecule has 0 heterocycles. The van der Waals surface area contributed by atoms with Crippen LogP contribution in [0, 0.1) is 0 Å². The average molecular weight is 999 g/mol. The zero-order valence-electron chi connectivity index (χ0n) is 47.7. The maximum Gasteiger partial charge on any atom is 0.305 e. The second-order valence-corrected chi connectivity index (χ2v) is 21.7. The summed E-state index contributed by atoms with van der Waals surface area (Å²) in [5, 5.41) is 23.1. The fourth-order valence-corrected chi connectivity index (χ4v) is 9.74. The van der Waals surface area contributed by atoms with Crippen LogP contribution in [-0.4, -0.2) is 47.4 Å². The van der Waals surface area contributed by atoms with Crippen LogP contribution in [-0.2, 0) is 14.3 Å². The predicted molar refractivity (Wildman–Crippen MR) is 310 cm³/mol. The molecule has 0 aromatic rings. The van der Waals surface area contributed by atoms with Gasteiger partial charge < -0.3 is 20.3 Å². The van der Waals surface area contributed by atoms with E-state index in [1.165, 1.54) is 263 Å². The van der Waals surface area contributed by atoms with Crippen LogP contribution in [0.5, 0.6) is 0 Å². The van der Waals surface area contributed by atoms with Crippen molar-refractivity contribution < 1.29 is 24.5 Å². The molecule has 0 saturated carbocycles. The number of carbonyl (C=O) groups excluding carboxylic acids is 2. The van der Waals surface area contributed by atoms with Gasteiger partial charge in [0.05, 0.1) is 25.4 Å². The van der Waals surface area contributed by atoms with Crippen LogP contribution in [0.15, 0.2) is 36.5 Å². The third-order valence-electron chi connectivity index (χ3n) is 14.6. The Labute approximate surface area is 443 Å². The SMILES string of the molecule is CCCCCCCC/C=C\CCCCCCCC(=O)OCCCCCCCCCCCCCC/C=C\CCCCCCCCCC(=O)NC(CO)C(O)/C=C/CCCCCCCCCCCCCCCC. The Balaban J connectivity index is 3.43. The number of amides is 1. The molecule has 1 amide bonds. The number of aliphatic hydroxyl groups excluding tert-OH is 2. The van der Waals surface area contributed by atoms with E-state index in [1.807, 2.05) is 6.08 Å². The van der Waals surface area contributed by atoms with Gasteiger partial charge in [0.2, 0.25) is 5.91 Å². The first kappa shape index (κ1) is 69.1. The van der Waals surface area contributed by atoms with E-state index in [9.17, 15) is 19.8 Å². The summed E-state index contributed by atoms with van der Waals surface area (Å²) in [6, 6.07) is -0.633. The van der Waals surface area contributed by atoms with Gasteiger partial charge >= 0.3 is 5.97 Å². The molecular weight excluding hydrogens is 875 g/mol. The molecule has 6 nitrogen and oxygen atoms in total. The minimum Gasteiger partial charge on any atom is -0.466 e. The van der Waals surface area contributed by atoms with Gasteiger partial charge in [-0.1, -0.05) is 281 Å². The molecule has 0 aliphatic rings. The first-order valence-electron chi connectivity index (χ1n) is 31.8. The van der Waals surface area contributed by atoms with Gasteiger partial charge in [0.15, 0.2) is 0 Å². The van der Waals surface area contributed by atoms with E-state index in [2.05, 4.69) is 43.5 Å². The molecule has 0 saturated heterocycles. The lowest BCUT2D eigenvalue weighted by molar-refractivity contribution is -0.143. The Bertz CT molecular complexity index is 1150.